The predicted octanol–water partition coefficient (Wildman–Crippen LogP) is 0.242. The van der Waals surface area contributed by atoms with Crippen molar-refractivity contribution in [2.75, 3.05) is 45.9 Å². The zero-order valence-corrected chi connectivity index (χ0v) is 11.4. The molecule has 22 heavy (non-hydrogen) atoms. The fourth-order valence-electron chi connectivity index (χ4n) is 2.17. The largest absolute Gasteiger partial charge is 0.445 e. The predicted molar refractivity (Wildman–Crippen MR) is 88.3 cm³/mol. The first-order valence-electron chi connectivity index (χ1n) is 6.13. The molecule has 16 N–H and O–H groups in total. The van der Waals surface area contributed by atoms with E-state index in [9.17, 15) is 0 Å². The molecule has 0 aromatic heterocycles. The van der Waals surface area contributed by atoms with Gasteiger partial charge in [0.25, 0.3) is 0 Å². The minimum atomic E-state index is 0.0701. The maximum Gasteiger partial charge on any atom is 0.197 e. The van der Waals surface area contributed by atoms with Crippen LogP contribution in [-0.4, -0.2) is 0 Å². The molecular formula is C12H16N8O2. The van der Waals surface area contributed by atoms with Crippen LogP contribution in [0.1, 0.15) is 0 Å². The molecule has 1 aliphatic heterocycles. The third-order valence-electron chi connectivity index (χ3n) is 3.54. The Bertz CT molecular complexity index is 698. The first kappa shape index (κ1) is 13.4. The van der Waals surface area contributed by atoms with E-state index in [-0.39, 0.29) is 68.5 Å². The van der Waals surface area contributed by atoms with E-state index in [0.29, 0.717) is 0 Å². The van der Waals surface area contributed by atoms with Crippen molar-refractivity contribution in [3.05, 3.63) is 0 Å². The summed E-state index contributed by atoms with van der Waals surface area (Å²) in [5.74, 6) is 0.359. The molecule has 10 nitrogen and oxygen atoms in total. The molecule has 3 rings (SSSR count). The lowest BCUT2D eigenvalue weighted by molar-refractivity contribution is 0.366. The van der Waals surface area contributed by atoms with Gasteiger partial charge in [-0.3, -0.25) is 0 Å². The Balaban J connectivity index is 2.32. The first-order chi connectivity index (χ1) is 10.3. The maximum absolute atomic E-state index is 5.89. The van der Waals surface area contributed by atoms with E-state index < -0.39 is 0 Å². The molecular weight excluding hydrogens is 288 g/mol. The number of nitrogen functional groups attached to an aromatic ring is 8. The van der Waals surface area contributed by atoms with E-state index in [0.717, 1.165) is 0 Å². The van der Waals surface area contributed by atoms with Crippen LogP contribution in [0.25, 0.3) is 0 Å². The molecule has 2 aromatic rings. The van der Waals surface area contributed by atoms with E-state index in [1.165, 1.54) is 0 Å². The minimum absolute atomic E-state index is 0.0701. The van der Waals surface area contributed by atoms with Gasteiger partial charge in [0.2, 0.25) is 0 Å². The van der Waals surface area contributed by atoms with Crippen LogP contribution in [-0.2, 0) is 0 Å². The summed E-state index contributed by atoms with van der Waals surface area (Å²) in [6, 6.07) is 0. The van der Waals surface area contributed by atoms with Crippen molar-refractivity contribution in [2.45, 2.75) is 0 Å². The quantitative estimate of drug-likeness (QED) is 0.264. The van der Waals surface area contributed by atoms with E-state index in [1.54, 1.807) is 0 Å². The van der Waals surface area contributed by atoms with Gasteiger partial charge in [-0.25, -0.2) is 0 Å². The highest BCUT2D eigenvalue weighted by atomic mass is 16.6. The lowest BCUT2D eigenvalue weighted by Crippen LogP contribution is -2.14. The first-order valence-corrected chi connectivity index (χ1v) is 6.13. The van der Waals surface area contributed by atoms with Gasteiger partial charge < -0.3 is 55.3 Å². The molecule has 1 heterocycles. The Morgan fingerprint density at radius 1 is 0.318 bits per heavy atom. The van der Waals surface area contributed by atoms with Crippen LogP contribution in [0.3, 0.4) is 0 Å². The summed E-state index contributed by atoms with van der Waals surface area (Å²) >= 11 is 0. The molecule has 2 aromatic carbocycles. The zero-order chi connectivity index (χ0) is 16.3. The van der Waals surface area contributed by atoms with Crippen LogP contribution < -0.4 is 55.3 Å². The summed E-state index contributed by atoms with van der Waals surface area (Å²) in [7, 11) is 0. The minimum Gasteiger partial charge on any atom is -0.445 e. The molecule has 0 unspecified atom stereocenters. The van der Waals surface area contributed by atoms with Gasteiger partial charge in [-0.2, -0.15) is 0 Å². The van der Waals surface area contributed by atoms with E-state index >= 15 is 0 Å². The fourth-order valence-corrected chi connectivity index (χ4v) is 2.17. The molecule has 0 saturated carbocycles. The Morgan fingerprint density at radius 3 is 0.682 bits per heavy atom. The lowest BCUT2D eigenvalue weighted by Gasteiger charge is -2.27. The normalized spacial score (nSPS) is 12.0. The molecule has 116 valence electrons. The van der Waals surface area contributed by atoms with Crippen molar-refractivity contribution in [2.24, 2.45) is 0 Å². The number of anilines is 8. The summed E-state index contributed by atoms with van der Waals surface area (Å²) in [6.45, 7) is 0. The van der Waals surface area contributed by atoms with Gasteiger partial charge in [-0.05, 0) is 0 Å². The van der Waals surface area contributed by atoms with Gasteiger partial charge in [0, 0.05) is 0 Å². The van der Waals surface area contributed by atoms with Gasteiger partial charge in [0.15, 0.2) is 23.0 Å². The monoisotopic (exact) mass is 304 g/mol. The third kappa shape index (κ3) is 1.43. The molecule has 0 bridgehead atoms. The Morgan fingerprint density at radius 2 is 0.500 bits per heavy atom. The van der Waals surface area contributed by atoms with Crippen LogP contribution in [0.15, 0.2) is 0 Å². The van der Waals surface area contributed by atoms with Gasteiger partial charge in [-0.1, -0.05) is 0 Å². The van der Waals surface area contributed by atoms with Crippen molar-refractivity contribution in [3.63, 3.8) is 0 Å². The number of nitrogens with two attached hydrogens (primary N) is 8. The van der Waals surface area contributed by atoms with Crippen LogP contribution in [0.2, 0.25) is 0 Å². The van der Waals surface area contributed by atoms with Gasteiger partial charge >= 0.3 is 0 Å². The van der Waals surface area contributed by atoms with Crippen molar-refractivity contribution >= 4 is 45.5 Å². The van der Waals surface area contributed by atoms with Crippen molar-refractivity contribution in [1.29, 1.82) is 0 Å². The van der Waals surface area contributed by atoms with E-state index in [2.05, 4.69) is 0 Å². The molecule has 0 saturated heterocycles. The molecule has 0 atom stereocenters. The maximum atomic E-state index is 5.89. The number of fused-ring (bicyclic) bond motifs is 2. The highest BCUT2D eigenvalue weighted by Gasteiger charge is 2.32. The van der Waals surface area contributed by atoms with Crippen LogP contribution in [0.4, 0.5) is 45.5 Å². The second-order valence-corrected chi connectivity index (χ2v) is 4.83. The van der Waals surface area contributed by atoms with Crippen molar-refractivity contribution in [1.82, 2.24) is 0 Å². The van der Waals surface area contributed by atoms with Crippen LogP contribution in [0.5, 0.6) is 23.0 Å². The Kier molecular flexibility index (Phi) is 2.42. The second kappa shape index (κ2) is 3.97. The molecule has 0 radical (unpaired) electrons. The average molecular weight is 304 g/mol. The number of rotatable bonds is 0. The number of hydrogen-bond donors (Lipinski definition) is 8. The number of ether oxygens (including phenoxy) is 2. The summed E-state index contributed by atoms with van der Waals surface area (Å²) in [5, 5.41) is 0. The molecule has 0 aliphatic carbocycles. The molecule has 1 aliphatic rings. The Hall–Kier alpha value is -3.56. The summed E-state index contributed by atoms with van der Waals surface area (Å²) in [5.41, 5.74) is 47.3. The molecule has 0 fully saturated rings. The summed E-state index contributed by atoms with van der Waals surface area (Å²) in [4.78, 5) is 0. The fraction of sp³-hybridized carbons (Fsp3) is 0. The number of benzene rings is 2. The zero-order valence-electron chi connectivity index (χ0n) is 11.4. The highest BCUT2D eigenvalue weighted by molar-refractivity contribution is 6.00. The average Bonchev–Trinajstić information content (AvgIpc) is 2.52. The van der Waals surface area contributed by atoms with Crippen LogP contribution >= 0.6 is 0 Å². The molecule has 0 spiro atoms. The number of hydrogen-bond acceptors (Lipinski definition) is 10. The third-order valence-corrected chi connectivity index (χ3v) is 3.54. The van der Waals surface area contributed by atoms with Gasteiger partial charge in [-0.15, -0.1) is 0 Å². The SMILES string of the molecule is Nc1c(N)c(N)c2c(c1N)Oc1c(N)c(N)c(N)c(N)c1O2. The van der Waals surface area contributed by atoms with Crippen molar-refractivity contribution < 1.29 is 9.47 Å². The van der Waals surface area contributed by atoms with E-state index in [1.807, 2.05) is 0 Å². The van der Waals surface area contributed by atoms with E-state index in [4.69, 9.17) is 55.3 Å². The lowest BCUT2D eigenvalue weighted by atomic mass is 10.1. The van der Waals surface area contributed by atoms with Gasteiger partial charge in [0.05, 0.1) is 22.7 Å². The summed E-state index contributed by atoms with van der Waals surface area (Å²) in [6.07, 6.45) is 0. The molecule has 10 heteroatoms. The van der Waals surface area contributed by atoms with Gasteiger partial charge in [0.1, 0.15) is 22.7 Å². The van der Waals surface area contributed by atoms with Crippen LogP contribution in [0, 0.1) is 0 Å². The smallest absolute Gasteiger partial charge is 0.197 e. The second-order valence-electron chi connectivity index (χ2n) is 4.83. The summed E-state index contributed by atoms with van der Waals surface area (Å²) < 4.78 is 11.3. The highest BCUT2D eigenvalue weighted by Crippen LogP contribution is 2.60. The Labute approximate surface area is 124 Å². The molecule has 0 amide bonds. The standard InChI is InChI=1S/C12H16N8O2/c13-1-2(14)6(18)10-9(5(1)17)21-11-7(19)3(15)4(16)8(20)12(11)22-10/h13-20H2. The topological polar surface area (TPSA) is 227 Å². The van der Waals surface area contributed by atoms with Crippen molar-refractivity contribution in [3.8, 4) is 23.0 Å².